The number of benzene rings is 1. The van der Waals surface area contributed by atoms with Crippen molar-refractivity contribution in [2.24, 2.45) is 0 Å². The van der Waals surface area contributed by atoms with Crippen molar-refractivity contribution >= 4 is 0 Å². The zero-order chi connectivity index (χ0) is 9.80. The lowest BCUT2D eigenvalue weighted by molar-refractivity contribution is 0.0457. The zero-order valence-corrected chi connectivity index (χ0v) is 8.83. The minimum atomic E-state index is 0.524. The summed E-state index contributed by atoms with van der Waals surface area (Å²) in [6, 6.07) is 8.57. The molecule has 0 radical (unpaired) electrons. The smallest absolute Gasteiger partial charge is 0.0720 e. The van der Waals surface area contributed by atoms with Gasteiger partial charge in [-0.1, -0.05) is 42.7 Å². The summed E-state index contributed by atoms with van der Waals surface area (Å²) < 4.78 is 5.84. The quantitative estimate of drug-likeness (QED) is 0.709. The van der Waals surface area contributed by atoms with Crippen LogP contribution >= 0.6 is 0 Å². The lowest BCUT2D eigenvalue weighted by atomic mass is 10.1. The Kier molecular flexibility index (Phi) is 3.20. The maximum absolute atomic E-state index is 5.84. The Morgan fingerprint density at radius 1 is 1.29 bits per heavy atom. The molecule has 1 heteroatoms. The highest BCUT2D eigenvalue weighted by Gasteiger charge is 2.14. The summed E-state index contributed by atoms with van der Waals surface area (Å²) in [6.45, 7) is 2.91. The summed E-state index contributed by atoms with van der Waals surface area (Å²) in [7, 11) is 0. The van der Waals surface area contributed by atoms with Crippen molar-refractivity contribution in [1.29, 1.82) is 0 Å². The molecule has 0 aliphatic heterocycles. The molecule has 1 saturated carbocycles. The molecule has 1 aliphatic rings. The Hall–Kier alpha value is -0.820. The first kappa shape index (κ1) is 9.72. The van der Waals surface area contributed by atoms with Crippen LogP contribution in [0.2, 0.25) is 0 Å². The van der Waals surface area contributed by atoms with Crippen LogP contribution in [0.3, 0.4) is 0 Å². The van der Waals surface area contributed by atoms with Crippen molar-refractivity contribution in [3.8, 4) is 0 Å². The van der Waals surface area contributed by atoms with Crippen LogP contribution in [0, 0.1) is 6.92 Å². The summed E-state index contributed by atoms with van der Waals surface area (Å²) in [5.74, 6) is 0. The molecule has 1 aliphatic carbocycles. The first-order chi connectivity index (χ1) is 6.84. The van der Waals surface area contributed by atoms with E-state index in [2.05, 4.69) is 31.2 Å². The Labute approximate surface area is 86.1 Å². The average Bonchev–Trinajstić information content (AvgIpc) is 2.67. The van der Waals surface area contributed by atoms with Gasteiger partial charge in [-0.05, 0) is 25.3 Å². The largest absolute Gasteiger partial charge is 0.374 e. The second kappa shape index (κ2) is 4.61. The molecule has 2 rings (SSSR count). The Morgan fingerprint density at radius 3 is 2.79 bits per heavy atom. The fraction of sp³-hybridized carbons (Fsp3) is 0.538. The van der Waals surface area contributed by atoms with E-state index < -0.39 is 0 Å². The van der Waals surface area contributed by atoms with Gasteiger partial charge >= 0.3 is 0 Å². The van der Waals surface area contributed by atoms with E-state index in [9.17, 15) is 0 Å². The van der Waals surface area contributed by atoms with Crippen molar-refractivity contribution in [3.63, 3.8) is 0 Å². The zero-order valence-electron chi connectivity index (χ0n) is 8.83. The molecule has 0 N–H and O–H groups in total. The highest BCUT2D eigenvalue weighted by Crippen LogP contribution is 2.22. The molecule has 1 aromatic rings. The summed E-state index contributed by atoms with van der Waals surface area (Å²) in [4.78, 5) is 0. The van der Waals surface area contributed by atoms with Gasteiger partial charge in [0.15, 0.2) is 0 Å². The van der Waals surface area contributed by atoms with Gasteiger partial charge in [0.1, 0.15) is 0 Å². The number of rotatable bonds is 3. The minimum Gasteiger partial charge on any atom is -0.374 e. The summed E-state index contributed by atoms with van der Waals surface area (Å²) in [5, 5.41) is 0. The van der Waals surface area contributed by atoms with Gasteiger partial charge < -0.3 is 4.74 Å². The number of hydrogen-bond acceptors (Lipinski definition) is 1. The van der Waals surface area contributed by atoms with E-state index >= 15 is 0 Å². The van der Waals surface area contributed by atoms with Crippen LogP contribution in [-0.2, 0) is 11.3 Å². The van der Waals surface area contributed by atoms with E-state index in [-0.39, 0.29) is 0 Å². The van der Waals surface area contributed by atoms with Crippen molar-refractivity contribution in [2.75, 3.05) is 0 Å². The Morgan fingerprint density at radius 2 is 2.07 bits per heavy atom. The van der Waals surface area contributed by atoms with Crippen molar-refractivity contribution in [2.45, 2.75) is 45.3 Å². The summed E-state index contributed by atoms with van der Waals surface area (Å²) >= 11 is 0. The molecule has 0 amide bonds. The predicted octanol–water partition coefficient (Wildman–Crippen LogP) is 3.45. The van der Waals surface area contributed by atoms with E-state index in [0.29, 0.717) is 6.10 Å². The standard InChI is InChI=1S/C13H18O/c1-11-5-4-6-12(9-11)10-14-13-7-2-3-8-13/h4-6,9,13H,2-3,7-8,10H2,1H3. The van der Waals surface area contributed by atoms with Crippen LogP contribution < -0.4 is 0 Å². The third-order valence-corrected chi connectivity index (χ3v) is 2.87. The van der Waals surface area contributed by atoms with Gasteiger partial charge in [-0.25, -0.2) is 0 Å². The molecule has 0 aromatic heterocycles. The molecule has 1 fully saturated rings. The van der Waals surface area contributed by atoms with Gasteiger partial charge in [-0.15, -0.1) is 0 Å². The first-order valence-corrected chi connectivity index (χ1v) is 5.52. The van der Waals surface area contributed by atoms with Crippen molar-refractivity contribution in [3.05, 3.63) is 35.4 Å². The maximum atomic E-state index is 5.84. The van der Waals surface area contributed by atoms with Gasteiger partial charge in [0.25, 0.3) is 0 Å². The molecule has 1 nitrogen and oxygen atoms in total. The minimum absolute atomic E-state index is 0.524. The van der Waals surface area contributed by atoms with E-state index in [1.807, 2.05) is 0 Å². The van der Waals surface area contributed by atoms with E-state index in [1.54, 1.807) is 0 Å². The molecule has 1 aromatic carbocycles. The molecule has 76 valence electrons. The normalized spacial score (nSPS) is 17.5. The SMILES string of the molecule is Cc1cccc(COC2CCCC2)c1. The second-order valence-electron chi connectivity index (χ2n) is 4.21. The fourth-order valence-electron chi connectivity index (χ4n) is 2.07. The molecule has 0 heterocycles. The molecule has 0 bridgehead atoms. The fourth-order valence-corrected chi connectivity index (χ4v) is 2.07. The lowest BCUT2D eigenvalue weighted by Crippen LogP contribution is -2.07. The third-order valence-electron chi connectivity index (χ3n) is 2.87. The molecular formula is C13H18O. The van der Waals surface area contributed by atoms with Gasteiger partial charge in [0.05, 0.1) is 12.7 Å². The van der Waals surface area contributed by atoms with Crippen LogP contribution in [0.4, 0.5) is 0 Å². The van der Waals surface area contributed by atoms with E-state index in [4.69, 9.17) is 4.74 Å². The van der Waals surface area contributed by atoms with Crippen LogP contribution in [0.1, 0.15) is 36.8 Å². The number of ether oxygens (including phenoxy) is 1. The summed E-state index contributed by atoms with van der Waals surface area (Å²) in [5.41, 5.74) is 2.62. The van der Waals surface area contributed by atoms with Crippen LogP contribution in [-0.4, -0.2) is 6.10 Å². The topological polar surface area (TPSA) is 9.23 Å². The average molecular weight is 190 g/mol. The molecule has 0 atom stereocenters. The highest BCUT2D eigenvalue weighted by atomic mass is 16.5. The van der Waals surface area contributed by atoms with E-state index in [1.165, 1.54) is 36.8 Å². The van der Waals surface area contributed by atoms with Crippen LogP contribution in [0.25, 0.3) is 0 Å². The van der Waals surface area contributed by atoms with Gasteiger partial charge in [-0.3, -0.25) is 0 Å². The molecule has 14 heavy (non-hydrogen) atoms. The van der Waals surface area contributed by atoms with Gasteiger partial charge in [0.2, 0.25) is 0 Å². The van der Waals surface area contributed by atoms with Crippen molar-refractivity contribution in [1.82, 2.24) is 0 Å². The molecular weight excluding hydrogens is 172 g/mol. The third kappa shape index (κ3) is 2.58. The monoisotopic (exact) mass is 190 g/mol. The maximum Gasteiger partial charge on any atom is 0.0720 e. The van der Waals surface area contributed by atoms with Crippen LogP contribution in [0.15, 0.2) is 24.3 Å². The predicted molar refractivity (Wildman–Crippen MR) is 58.2 cm³/mol. The lowest BCUT2D eigenvalue weighted by Gasteiger charge is -2.11. The number of hydrogen-bond donors (Lipinski definition) is 0. The Balaban J connectivity index is 1.85. The first-order valence-electron chi connectivity index (χ1n) is 5.52. The molecule has 0 spiro atoms. The van der Waals surface area contributed by atoms with Crippen molar-refractivity contribution < 1.29 is 4.74 Å². The van der Waals surface area contributed by atoms with Crippen LogP contribution in [0.5, 0.6) is 0 Å². The highest BCUT2D eigenvalue weighted by molar-refractivity contribution is 5.21. The Bertz CT molecular complexity index is 287. The number of aryl methyl sites for hydroxylation is 1. The van der Waals surface area contributed by atoms with Gasteiger partial charge in [-0.2, -0.15) is 0 Å². The molecule has 0 saturated heterocycles. The summed E-state index contributed by atoms with van der Waals surface area (Å²) in [6.07, 6.45) is 5.73. The molecule has 0 unspecified atom stereocenters. The van der Waals surface area contributed by atoms with E-state index in [0.717, 1.165) is 6.61 Å². The second-order valence-corrected chi connectivity index (χ2v) is 4.21. The van der Waals surface area contributed by atoms with Gasteiger partial charge in [0, 0.05) is 0 Å².